The molecular formula is C11H19NO5. The number of amides is 1. The lowest BCUT2D eigenvalue weighted by Crippen LogP contribution is -2.36. The van der Waals surface area contributed by atoms with E-state index in [9.17, 15) is 9.59 Å². The molecule has 6 heteroatoms. The van der Waals surface area contributed by atoms with Crippen molar-refractivity contribution in [1.82, 2.24) is 5.32 Å². The minimum Gasteiger partial charge on any atom is -0.481 e. The summed E-state index contributed by atoms with van der Waals surface area (Å²) in [5.41, 5.74) is -0.537. The summed E-state index contributed by atoms with van der Waals surface area (Å²) in [6.07, 6.45) is -0.339. The summed E-state index contributed by atoms with van der Waals surface area (Å²) in [7, 11) is 0. The molecule has 1 aliphatic heterocycles. The number of nitrogens with one attached hydrogen (secondary N) is 1. The number of rotatable bonds is 3. The lowest BCUT2D eigenvalue weighted by molar-refractivity contribution is -0.141. The highest BCUT2D eigenvalue weighted by Gasteiger charge is 2.31. The van der Waals surface area contributed by atoms with E-state index in [1.807, 2.05) is 0 Å². The minimum absolute atomic E-state index is 0.204. The van der Waals surface area contributed by atoms with Crippen LogP contribution in [0.5, 0.6) is 0 Å². The van der Waals surface area contributed by atoms with E-state index < -0.39 is 23.6 Å². The Morgan fingerprint density at radius 3 is 2.59 bits per heavy atom. The van der Waals surface area contributed by atoms with Gasteiger partial charge >= 0.3 is 12.1 Å². The maximum Gasteiger partial charge on any atom is 0.407 e. The molecular weight excluding hydrogens is 226 g/mol. The highest BCUT2D eigenvalue weighted by Crippen LogP contribution is 2.19. The Hall–Kier alpha value is -1.30. The van der Waals surface area contributed by atoms with Crippen molar-refractivity contribution in [3.8, 4) is 0 Å². The first kappa shape index (κ1) is 13.8. The van der Waals surface area contributed by atoms with Gasteiger partial charge in [-0.05, 0) is 27.2 Å². The number of ether oxygens (including phenoxy) is 2. The average Bonchev–Trinajstić information content (AvgIpc) is 2.60. The Bertz CT molecular complexity index is 297. The number of hydrogen-bond donors (Lipinski definition) is 2. The standard InChI is InChI=1S/C11H19NO5/c1-11(2,3)17-10(15)12-5-8-4-7(6-16-8)9(13)14/h7-8H,4-6H2,1-3H3,(H,12,15)(H,13,14)/t7-,8-/m1/s1. The molecule has 1 rings (SSSR count). The molecule has 0 aliphatic carbocycles. The number of alkyl carbamates (subject to hydrolysis) is 1. The maximum atomic E-state index is 11.3. The first-order valence-corrected chi connectivity index (χ1v) is 5.59. The molecule has 0 unspecified atom stereocenters. The van der Waals surface area contributed by atoms with Crippen LogP contribution in [0.1, 0.15) is 27.2 Å². The van der Waals surface area contributed by atoms with E-state index in [1.165, 1.54) is 0 Å². The Morgan fingerprint density at radius 2 is 2.12 bits per heavy atom. The molecule has 0 spiro atoms. The third kappa shape index (κ3) is 5.04. The first-order chi connectivity index (χ1) is 7.78. The summed E-state index contributed by atoms with van der Waals surface area (Å²) < 4.78 is 10.3. The van der Waals surface area contributed by atoms with Crippen LogP contribution < -0.4 is 5.32 Å². The number of carbonyl (C=O) groups is 2. The molecule has 0 saturated carbocycles. The zero-order chi connectivity index (χ0) is 13.1. The summed E-state index contributed by atoms with van der Waals surface area (Å²) in [6.45, 7) is 5.81. The molecule has 0 aromatic rings. The van der Waals surface area contributed by atoms with Gasteiger partial charge in [-0.15, -0.1) is 0 Å². The van der Waals surface area contributed by atoms with E-state index in [4.69, 9.17) is 14.6 Å². The van der Waals surface area contributed by atoms with Crippen LogP contribution in [0.2, 0.25) is 0 Å². The van der Waals surface area contributed by atoms with Crippen LogP contribution in [-0.2, 0) is 14.3 Å². The van der Waals surface area contributed by atoms with E-state index in [-0.39, 0.29) is 19.3 Å². The van der Waals surface area contributed by atoms with Crippen molar-refractivity contribution in [3.05, 3.63) is 0 Å². The van der Waals surface area contributed by atoms with Crippen LogP contribution >= 0.6 is 0 Å². The number of carbonyl (C=O) groups excluding carboxylic acids is 1. The van der Waals surface area contributed by atoms with Gasteiger partial charge in [0, 0.05) is 6.54 Å². The molecule has 98 valence electrons. The van der Waals surface area contributed by atoms with Crippen LogP contribution in [-0.4, -0.2) is 42.0 Å². The van der Waals surface area contributed by atoms with Gasteiger partial charge in [0.2, 0.25) is 0 Å². The lowest BCUT2D eigenvalue weighted by Gasteiger charge is -2.20. The van der Waals surface area contributed by atoms with Crippen molar-refractivity contribution < 1.29 is 24.2 Å². The van der Waals surface area contributed by atoms with Crippen molar-refractivity contribution in [1.29, 1.82) is 0 Å². The van der Waals surface area contributed by atoms with Crippen LogP contribution in [0.25, 0.3) is 0 Å². The molecule has 0 bridgehead atoms. The van der Waals surface area contributed by atoms with Gasteiger partial charge in [-0.3, -0.25) is 4.79 Å². The van der Waals surface area contributed by atoms with E-state index in [0.717, 1.165) is 0 Å². The fourth-order valence-electron chi connectivity index (χ4n) is 1.53. The van der Waals surface area contributed by atoms with Gasteiger partial charge in [-0.25, -0.2) is 4.79 Å². The van der Waals surface area contributed by atoms with Crippen molar-refractivity contribution in [2.75, 3.05) is 13.2 Å². The Kier molecular flexibility index (Phi) is 4.34. The summed E-state index contributed by atoms with van der Waals surface area (Å²) in [5.74, 6) is -1.33. The largest absolute Gasteiger partial charge is 0.481 e. The highest BCUT2D eigenvalue weighted by atomic mass is 16.6. The topological polar surface area (TPSA) is 84.9 Å². The van der Waals surface area contributed by atoms with E-state index in [1.54, 1.807) is 20.8 Å². The van der Waals surface area contributed by atoms with Crippen molar-refractivity contribution in [2.24, 2.45) is 5.92 Å². The van der Waals surface area contributed by atoms with Crippen molar-refractivity contribution in [3.63, 3.8) is 0 Å². The van der Waals surface area contributed by atoms with Crippen LogP contribution in [0, 0.1) is 5.92 Å². The predicted octanol–water partition coefficient (Wildman–Crippen LogP) is 1.00. The van der Waals surface area contributed by atoms with Crippen molar-refractivity contribution >= 4 is 12.1 Å². The van der Waals surface area contributed by atoms with Crippen molar-refractivity contribution in [2.45, 2.75) is 38.9 Å². The normalized spacial score (nSPS) is 24.4. The molecule has 0 radical (unpaired) electrons. The number of aliphatic carboxylic acids is 1. The average molecular weight is 245 g/mol. The predicted molar refractivity (Wildman–Crippen MR) is 59.7 cm³/mol. The smallest absolute Gasteiger partial charge is 0.407 e. The SMILES string of the molecule is CC(C)(C)OC(=O)NC[C@H]1C[C@@H](C(=O)O)CO1. The van der Waals surface area contributed by atoms with Gasteiger partial charge in [0.25, 0.3) is 0 Å². The van der Waals surface area contributed by atoms with Gasteiger partial charge in [-0.2, -0.15) is 0 Å². The molecule has 2 atom stereocenters. The van der Waals surface area contributed by atoms with Crippen LogP contribution in [0.15, 0.2) is 0 Å². The minimum atomic E-state index is -0.857. The third-order valence-electron chi connectivity index (χ3n) is 2.30. The van der Waals surface area contributed by atoms with Gasteiger partial charge in [0.15, 0.2) is 0 Å². The Balaban J connectivity index is 2.24. The summed E-state index contributed by atoms with van der Waals surface area (Å²) in [4.78, 5) is 22.0. The Morgan fingerprint density at radius 1 is 1.47 bits per heavy atom. The second-order valence-electron chi connectivity index (χ2n) is 5.11. The monoisotopic (exact) mass is 245 g/mol. The van der Waals surface area contributed by atoms with Crippen LogP contribution in [0.3, 0.4) is 0 Å². The van der Waals surface area contributed by atoms with E-state index in [0.29, 0.717) is 6.42 Å². The maximum absolute atomic E-state index is 11.3. The van der Waals surface area contributed by atoms with E-state index in [2.05, 4.69) is 5.32 Å². The number of carboxylic acid groups (broad SMARTS) is 1. The number of carboxylic acids is 1. The van der Waals surface area contributed by atoms with Gasteiger partial charge in [0.05, 0.1) is 18.6 Å². The molecule has 17 heavy (non-hydrogen) atoms. The van der Waals surface area contributed by atoms with Gasteiger partial charge in [0.1, 0.15) is 5.60 Å². The summed E-state index contributed by atoms with van der Waals surface area (Å²) in [6, 6.07) is 0. The quantitative estimate of drug-likeness (QED) is 0.774. The fourth-order valence-corrected chi connectivity index (χ4v) is 1.53. The fraction of sp³-hybridized carbons (Fsp3) is 0.818. The molecule has 1 aliphatic rings. The van der Waals surface area contributed by atoms with E-state index >= 15 is 0 Å². The second-order valence-corrected chi connectivity index (χ2v) is 5.11. The zero-order valence-electron chi connectivity index (χ0n) is 10.4. The molecule has 1 fully saturated rings. The molecule has 0 aromatic heterocycles. The highest BCUT2D eigenvalue weighted by molar-refractivity contribution is 5.70. The third-order valence-corrected chi connectivity index (χ3v) is 2.30. The lowest BCUT2D eigenvalue weighted by atomic mass is 10.1. The first-order valence-electron chi connectivity index (χ1n) is 5.59. The second kappa shape index (κ2) is 5.35. The molecule has 0 aromatic carbocycles. The van der Waals surface area contributed by atoms with Gasteiger partial charge < -0.3 is 19.9 Å². The van der Waals surface area contributed by atoms with Crippen LogP contribution in [0.4, 0.5) is 4.79 Å². The summed E-state index contributed by atoms with van der Waals surface area (Å²) >= 11 is 0. The molecule has 2 N–H and O–H groups in total. The number of hydrogen-bond acceptors (Lipinski definition) is 4. The van der Waals surface area contributed by atoms with Gasteiger partial charge in [-0.1, -0.05) is 0 Å². The molecule has 1 heterocycles. The Labute approximate surface area is 100 Å². The molecule has 6 nitrogen and oxygen atoms in total. The molecule has 1 saturated heterocycles. The zero-order valence-corrected chi connectivity index (χ0v) is 10.4. The summed E-state index contributed by atoms with van der Waals surface area (Å²) in [5, 5.41) is 11.3. The molecule has 1 amide bonds.